The van der Waals surface area contributed by atoms with E-state index in [4.69, 9.17) is 4.74 Å². The number of hydrogen-bond donors (Lipinski definition) is 2. The van der Waals surface area contributed by atoms with E-state index >= 15 is 0 Å². The molecule has 0 aromatic rings. The van der Waals surface area contributed by atoms with Crippen molar-refractivity contribution in [1.82, 2.24) is 0 Å². The van der Waals surface area contributed by atoms with Gasteiger partial charge in [0.1, 0.15) is 0 Å². The molecule has 1 fully saturated rings. The van der Waals surface area contributed by atoms with Crippen molar-refractivity contribution in [2.45, 2.75) is 57.3 Å². The van der Waals surface area contributed by atoms with Gasteiger partial charge in [-0.1, -0.05) is 12.2 Å². The Balaban J connectivity index is 2.11. The maximum absolute atomic E-state index is 11.6. The summed E-state index contributed by atoms with van der Waals surface area (Å²) in [5.41, 5.74) is 0. The number of ether oxygens (including phenoxy) is 1. The number of carbonyl (C=O) groups is 1. The summed E-state index contributed by atoms with van der Waals surface area (Å²) in [6.07, 6.45) is 9.87. The first-order valence-corrected chi connectivity index (χ1v) is 7.48. The third kappa shape index (κ3) is 4.18. The van der Waals surface area contributed by atoms with E-state index in [9.17, 15) is 15.0 Å². The quantitative estimate of drug-likeness (QED) is 0.526. The first-order chi connectivity index (χ1) is 9.56. The van der Waals surface area contributed by atoms with Crippen LogP contribution < -0.4 is 0 Å². The van der Waals surface area contributed by atoms with Gasteiger partial charge in [-0.2, -0.15) is 0 Å². The van der Waals surface area contributed by atoms with Crippen LogP contribution in [0.15, 0.2) is 24.3 Å². The summed E-state index contributed by atoms with van der Waals surface area (Å²) in [4.78, 5) is 11.6. The second-order valence-corrected chi connectivity index (χ2v) is 5.91. The van der Waals surface area contributed by atoms with Crippen LogP contribution in [0, 0.1) is 11.8 Å². The van der Waals surface area contributed by atoms with Gasteiger partial charge < -0.3 is 14.9 Å². The van der Waals surface area contributed by atoms with E-state index in [1.807, 2.05) is 6.92 Å². The Hall–Kier alpha value is -1.13. The highest BCUT2D eigenvalue weighted by Crippen LogP contribution is 2.36. The highest BCUT2D eigenvalue weighted by molar-refractivity contribution is 5.82. The number of aliphatic hydroxyl groups is 2. The number of fused-ring (bicyclic) bond motifs is 1. The molecule has 0 unspecified atom stereocenters. The smallest absolute Gasteiger partial charge is 0.330 e. The van der Waals surface area contributed by atoms with Crippen LogP contribution in [-0.2, 0) is 9.53 Å². The number of carbonyl (C=O) groups excluding carboxylic acids is 1. The summed E-state index contributed by atoms with van der Waals surface area (Å²) < 4.78 is 5.23. The van der Waals surface area contributed by atoms with Gasteiger partial charge in [0.25, 0.3) is 0 Å². The molecule has 2 N–H and O–H groups in total. The van der Waals surface area contributed by atoms with E-state index in [-0.39, 0.29) is 24.0 Å². The summed E-state index contributed by atoms with van der Waals surface area (Å²) in [5.74, 6) is -0.249. The Morgan fingerprint density at radius 3 is 2.85 bits per heavy atom. The molecule has 1 saturated carbocycles. The van der Waals surface area contributed by atoms with Gasteiger partial charge in [-0.25, -0.2) is 4.79 Å². The van der Waals surface area contributed by atoms with Crippen molar-refractivity contribution in [2.75, 3.05) is 0 Å². The molecule has 1 aliphatic heterocycles. The van der Waals surface area contributed by atoms with Crippen LogP contribution in [0.4, 0.5) is 0 Å². The number of hydrogen-bond acceptors (Lipinski definition) is 4. The van der Waals surface area contributed by atoms with E-state index in [2.05, 4.69) is 12.2 Å². The maximum atomic E-state index is 11.6. The van der Waals surface area contributed by atoms with Gasteiger partial charge in [-0.3, -0.25) is 0 Å². The Bertz CT molecular complexity index is 388. The van der Waals surface area contributed by atoms with E-state index in [0.717, 1.165) is 19.3 Å². The van der Waals surface area contributed by atoms with Gasteiger partial charge >= 0.3 is 5.97 Å². The Morgan fingerprint density at radius 1 is 1.25 bits per heavy atom. The molecule has 0 spiro atoms. The Kier molecular flexibility index (Phi) is 5.38. The standard InChI is InChI=1S/C16H24O4/c1-11-5-3-2-4-6-12-9-13(17)10-14(12)15(18)7-8-16(19)20-11/h4,6-8,11-15,17-18H,2-3,5,9-10H2,1H3/b6-4+,8-7+/t11-,12+,13-,14-,15+/m0/s1. The van der Waals surface area contributed by atoms with Crippen LogP contribution in [0.3, 0.4) is 0 Å². The van der Waals surface area contributed by atoms with Gasteiger partial charge in [0.05, 0.1) is 18.3 Å². The highest BCUT2D eigenvalue weighted by atomic mass is 16.5. The molecule has 2 rings (SSSR count). The molecule has 4 heteroatoms. The average molecular weight is 280 g/mol. The van der Waals surface area contributed by atoms with E-state index < -0.39 is 12.1 Å². The third-order valence-corrected chi connectivity index (χ3v) is 4.19. The Labute approximate surface area is 120 Å². The normalized spacial score (nSPS) is 42.5. The Morgan fingerprint density at radius 2 is 2.05 bits per heavy atom. The van der Waals surface area contributed by atoms with Crippen LogP contribution in [0.5, 0.6) is 0 Å². The van der Waals surface area contributed by atoms with Crippen molar-refractivity contribution in [3.63, 3.8) is 0 Å². The number of esters is 1. The van der Waals surface area contributed by atoms with Gasteiger partial charge in [0, 0.05) is 6.08 Å². The summed E-state index contributed by atoms with van der Waals surface area (Å²) >= 11 is 0. The second kappa shape index (κ2) is 7.04. The number of rotatable bonds is 0. The fourth-order valence-electron chi connectivity index (χ4n) is 3.10. The first-order valence-electron chi connectivity index (χ1n) is 7.48. The zero-order valence-electron chi connectivity index (χ0n) is 11.9. The van der Waals surface area contributed by atoms with Crippen LogP contribution in [0.25, 0.3) is 0 Å². The molecule has 0 saturated heterocycles. The molecule has 112 valence electrons. The molecule has 0 aromatic heterocycles. The molecule has 0 bridgehead atoms. The van der Waals surface area contributed by atoms with Crippen LogP contribution in [0.2, 0.25) is 0 Å². The fraction of sp³-hybridized carbons (Fsp3) is 0.688. The zero-order chi connectivity index (χ0) is 14.5. The molecular weight excluding hydrogens is 256 g/mol. The summed E-state index contributed by atoms with van der Waals surface area (Å²) in [6, 6.07) is 0. The number of allylic oxidation sites excluding steroid dienone is 2. The molecule has 0 aromatic carbocycles. The molecule has 5 atom stereocenters. The van der Waals surface area contributed by atoms with Crippen molar-refractivity contribution in [3.8, 4) is 0 Å². The minimum Gasteiger partial charge on any atom is -0.460 e. The lowest BCUT2D eigenvalue weighted by atomic mass is 9.90. The first kappa shape index (κ1) is 15.3. The number of aliphatic hydroxyl groups excluding tert-OH is 2. The molecule has 2 aliphatic rings. The van der Waals surface area contributed by atoms with E-state index in [1.165, 1.54) is 12.2 Å². The van der Waals surface area contributed by atoms with Crippen molar-refractivity contribution in [2.24, 2.45) is 11.8 Å². The molecule has 4 nitrogen and oxygen atoms in total. The molecule has 0 radical (unpaired) electrons. The predicted octanol–water partition coefficient (Wildman–Crippen LogP) is 1.96. The van der Waals surface area contributed by atoms with Crippen molar-refractivity contribution >= 4 is 5.97 Å². The van der Waals surface area contributed by atoms with Crippen LogP contribution in [-0.4, -0.2) is 34.5 Å². The lowest BCUT2D eigenvalue weighted by molar-refractivity contribution is -0.142. The van der Waals surface area contributed by atoms with E-state index in [0.29, 0.717) is 12.8 Å². The number of cyclic esters (lactones) is 1. The average Bonchev–Trinajstić information content (AvgIpc) is 2.76. The topological polar surface area (TPSA) is 66.8 Å². The monoisotopic (exact) mass is 280 g/mol. The largest absolute Gasteiger partial charge is 0.460 e. The molecule has 1 aliphatic carbocycles. The molecule has 0 amide bonds. The molecular formula is C16H24O4. The van der Waals surface area contributed by atoms with Crippen LogP contribution >= 0.6 is 0 Å². The summed E-state index contributed by atoms with van der Waals surface area (Å²) in [5, 5.41) is 20.0. The fourth-order valence-corrected chi connectivity index (χ4v) is 3.10. The lowest BCUT2D eigenvalue weighted by Gasteiger charge is -2.19. The van der Waals surface area contributed by atoms with Gasteiger partial charge in [0.2, 0.25) is 0 Å². The third-order valence-electron chi connectivity index (χ3n) is 4.19. The van der Waals surface area contributed by atoms with Crippen molar-refractivity contribution < 1.29 is 19.7 Å². The van der Waals surface area contributed by atoms with Crippen LogP contribution in [0.1, 0.15) is 39.0 Å². The van der Waals surface area contributed by atoms with Crippen molar-refractivity contribution in [3.05, 3.63) is 24.3 Å². The SMILES string of the molecule is C[C@H]1CCC/C=C/[C@@H]2C[C@H](O)C[C@@H]2[C@H](O)/C=C/C(=O)O1. The second-order valence-electron chi connectivity index (χ2n) is 5.91. The highest BCUT2D eigenvalue weighted by Gasteiger charge is 2.35. The van der Waals surface area contributed by atoms with Gasteiger partial charge in [-0.15, -0.1) is 0 Å². The molecule has 20 heavy (non-hydrogen) atoms. The van der Waals surface area contributed by atoms with Gasteiger partial charge in [-0.05, 0) is 56.9 Å². The zero-order valence-corrected chi connectivity index (χ0v) is 11.9. The van der Waals surface area contributed by atoms with E-state index in [1.54, 1.807) is 0 Å². The summed E-state index contributed by atoms with van der Waals surface area (Å²) in [6.45, 7) is 1.89. The maximum Gasteiger partial charge on any atom is 0.330 e. The lowest BCUT2D eigenvalue weighted by Crippen LogP contribution is -2.21. The van der Waals surface area contributed by atoms with Gasteiger partial charge in [0.15, 0.2) is 0 Å². The summed E-state index contributed by atoms with van der Waals surface area (Å²) in [7, 11) is 0. The predicted molar refractivity (Wildman–Crippen MR) is 75.9 cm³/mol. The minimum absolute atomic E-state index is 0.0246. The minimum atomic E-state index is -0.717. The van der Waals surface area contributed by atoms with Crippen molar-refractivity contribution in [1.29, 1.82) is 0 Å². The molecule has 1 heterocycles.